The molecule has 4 rings (SSSR count). The summed E-state index contributed by atoms with van der Waals surface area (Å²) in [7, 11) is -4.14. The van der Waals surface area contributed by atoms with Crippen LogP contribution < -0.4 is 4.83 Å². The van der Waals surface area contributed by atoms with Crippen molar-refractivity contribution in [1.29, 1.82) is 0 Å². The Morgan fingerprint density at radius 3 is 2.61 bits per heavy atom. The molecule has 0 aliphatic carbocycles. The Balaban J connectivity index is 1.81. The van der Waals surface area contributed by atoms with E-state index < -0.39 is 16.4 Å². The minimum Gasteiger partial charge on any atom is -0.392 e. The number of nitrogens with one attached hydrogen (secondary N) is 1. The maximum atomic E-state index is 12.9. The largest absolute Gasteiger partial charge is 0.392 e. The van der Waals surface area contributed by atoms with E-state index >= 15 is 0 Å². The normalized spacial score (nSPS) is 12.1. The third-order valence-electron chi connectivity index (χ3n) is 4.42. The predicted molar refractivity (Wildman–Crippen MR) is 101 cm³/mol. The molecule has 2 N–H and O–H groups in total. The zero-order chi connectivity index (χ0) is 19.9. The number of fused-ring (bicyclic) bond motifs is 3. The van der Waals surface area contributed by atoms with E-state index in [0.717, 1.165) is 27.2 Å². The first-order valence-corrected chi connectivity index (χ1v) is 9.78. The average Bonchev–Trinajstić information content (AvgIpc) is 3.10. The lowest BCUT2D eigenvalue weighted by Gasteiger charge is -2.11. The molecule has 0 saturated carbocycles. The number of nitrogens with zero attached hydrogens (tertiary/aromatic N) is 2. The van der Waals surface area contributed by atoms with E-state index in [-0.39, 0.29) is 17.1 Å². The summed E-state index contributed by atoms with van der Waals surface area (Å²) >= 11 is 0. The maximum Gasteiger partial charge on any atom is 0.276 e. The molecule has 0 aliphatic heterocycles. The van der Waals surface area contributed by atoms with Gasteiger partial charge in [-0.3, -0.25) is 0 Å². The lowest BCUT2D eigenvalue weighted by Crippen LogP contribution is -2.24. The van der Waals surface area contributed by atoms with Crippen LogP contribution in [0.15, 0.2) is 65.7 Å². The van der Waals surface area contributed by atoms with Gasteiger partial charge in [0.05, 0.1) is 17.7 Å². The molecule has 0 bridgehead atoms. The first-order valence-electron chi connectivity index (χ1n) is 8.30. The van der Waals surface area contributed by atoms with Gasteiger partial charge in [0, 0.05) is 16.3 Å². The van der Waals surface area contributed by atoms with Crippen LogP contribution in [0.5, 0.6) is 0 Å². The molecule has 1 aromatic heterocycles. The number of benzene rings is 3. The SMILES string of the molecule is O=S(=O)(Nn1ncc2ccc3cc(CO)ccc3c21)c1cccc(C(F)F)c1. The number of halogens is 2. The second-order valence-corrected chi connectivity index (χ2v) is 7.90. The minimum absolute atomic E-state index is 0.111. The molecule has 28 heavy (non-hydrogen) atoms. The second kappa shape index (κ2) is 6.84. The summed E-state index contributed by atoms with van der Waals surface area (Å²) in [6.07, 6.45) is -1.27. The van der Waals surface area contributed by atoms with Crippen LogP contribution in [-0.2, 0) is 16.6 Å². The number of alkyl halides is 2. The highest BCUT2D eigenvalue weighted by Gasteiger charge is 2.19. The van der Waals surface area contributed by atoms with Crippen LogP contribution in [0.4, 0.5) is 8.78 Å². The molecule has 3 aromatic carbocycles. The molecule has 0 amide bonds. The molecule has 6 nitrogen and oxygen atoms in total. The van der Waals surface area contributed by atoms with Crippen LogP contribution in [0.25, 0.3) is 21.7 Å². The zero-order valence-electron chi connectivity index (χ0n) is 14.4. The van der Waals surface area contributed by atoms with Crippen LogP contribution in [0.2, 0.25) is 0 Å². The molecule has 0 radical (unpaired) electrons. The van der Waals surface area contributed by atoms with Crippen LogP contribution in [-0.4, -0.2) is 23.4 Å². The quantitative estimate of drug-likeness (QED) is 0.534. The van der Waals surface area contributed by atoms with E-state index in [1.165, 1.54) is 24.4 Å². The van der Waals surface area contributed by atoms with Gasteiger partial charge >= 0.3 is 0 Å². The van der Waals surface area contributed by atoms with Gasteiger partial charge in [0.2, 0.25) is 0 Å². The molecule has 9 heteroatoms. The molecule has 1 heterocycles. The number of rotatable bonds is 5. The summed E-state index contributed by atoms with van der Waals surface area (Å²) in [6, 6.07) is 13.6. The highest BCUT2D eigenvalue weighted by atomic mass is 32.2. The lowest BCUT2D eigenvalue weighted by atomic mass is 10.1. The van der Waals surface area contributed by atoms with Crippen molar-refractivity contribution in [2.75, 3.05) is 4.83 Å². The topological polar surface area (TPSA) is 84.2 Å². The molecule has 0 atom stereocenters. The first-order chi connectivity index (χ1) is 13.4. The first kappa shape index (κ1) is 18.3. The van der Waals surface area contributed by atoms with Gasteiger partial charge in [0.25, 0.3) is 16.4 Å². The zero-order valence-corrected chi connectivity index (χ0v) is 15.2. The number of aromatic nitrogens is 2. The van der Waals surface area contributed by atoms with Gasteiger partial charge in [-0.15, -0.1) is 0 Å². The van der Waals surface area contributed by atoms with Gasteiger partial charge in [-0.2, -0.15) is 23.1 Å². The Morgan fingerprint density at radius 1 is 1.07 bits per heavy atom. The van der Waals surface area contributed by atoms with E-state index in [1.807, 2.05) is 6.07 Å². The molecule has 0 saturated heterocycles. The monoisotopic (exact) mass is 403 g/mol. The van der Waals surface area contributed by atoms with Gasteiger partial charge in [-0.25, -0.2) is 8.78 Å². The van der Waals surface area contributed by atoms with Crippen LogP contribution in [0.1, 0.15) is 17.6 Å². The van der Waals surface area contributed by atoms with E-state index in [0.29, 0.717) is 10.9 Å². The predicted octanol–water partition coefficient (Wildman–Crippen LogP) is 3.55. The summed E-state index contributed by atoms with van der Waals surface area (Å²) < 4.78 is 51.2. The van der Waals surface area contributed by atoms with Crippen molar-refractivity contribution >= 4 is 31.7 Å². The molecule has 4 aromatic rings. The smallest absolute Gasteiger partial charge is 0.276 e. The third-order valence-corrected chi connectivity index (χ3v) is 5.71. The van der Waals surface area contributed by atoms with Gasteiger partial charge in [-0.1, -0.05) is 36.4 Å². The molecule has 144 valence electrons. The van der Waals surface area contributed by atoms with Crippen molar-refractivity contribution in [3.8, 4) is 0 Å². The Hall–Kier alpha value is -3.04. The molecule has 0 fully saturated rings. The van der Waals surface area contributed by atoms with E-state index in [9.17, 15) is 22.3 Å². The fourth-order valence-corrected chi connectivity index (χ4v) is 4.07. The van der Waals surface area contributed by atoms with Crippen molar-refractivity contribution in [3.63, 3.8) is 0 Å². The van der Waals surface area contributed by atoms with E-state index in [4.69, 9.17) is 0 Å². The van der Waals surface area contributed by atoms with E-state index in [1.54, 1.807) is 24.3 Å². The minimum atomic E-state index is -4.14. The molecule has 0 unspecified atom stereocenters. The van der Waals surface area contributed by atoms with Crippen LogP contribution in [0.3, 0.4) is 0 Å². The molecule has 0 aliphatic rings. The van der Waals surface area contributed by atoms with Gasteiger partial charge in [0.1, 0.15) is 5.52 Å². The summed E-state index contributed by atoms with van der Waals surface area (Å²) in [6.45, 7) is -0.111. The molecule has 0 spiro atoms. The van der Waals surface area contributed by atoms with Crippen molar-refractivity contribution in [2.45, 2.75) is 17.9 Å². The number of hydrogen-bond acceptors (Lipinski definition) is 4. The second-order valence-electron chi connectivity index (χ2n) is 6.24. The van der Waals surface area contributed by atoms with Crippen LogP contribution in [0, 0.1) is 0 Å². The highest BCUT2D eigenvalue weighted by molar-refractivity contribution is 7.92. The fourth-order valence-electron chi connectivity index (χ4n) is 3.05. The average molecular weight is 403 g/mol. The molecular formula is C19H15F2N3O3S. The summed E-state index contributed by atoms with van der Waals surface area (Å²) in [4.78, 5) is 3.16. The third kappa shape index (κ3) is 3.19. The standard InChI is InChI=1S/C19H15F2N3O3S/c20-19(21)14-2-1-3-16(9-14)28(26,27)23-24-18-15(10-22-24)6-5-13-8-12(11-25)4-7-17(13)18/h1-10,19,23,25H,11H2. The maximum absolute atomic E-state index is 12.9. The fraction of sp³-hybridized carbons (Fsp3) is 0.105. The number of aliphatic hydroxyl groups is 1. The Labute approximate surface area is 159 Å². The van der Waals surface area contributed by atoms with Crippen molar-refractivity contribution in [2.24, 2.45) is 0 Å². The Bertz CT molecular complexity index is 1290. The van der Waals surface area contributed by atoms with Gasteiger partial charge < -0.3 is 5.11 Å². The number of sulfonamides is 1. The Kier molecular flexibility index (Phi) is 4.48. The lowest BCUT2D eigenvalue weighted by molar-refractivity contribution is 0.151. The summed E-state index contributed by atoms with van der Waals surface area (Å²) in [5.41, 5.74) is 0.869. The number of hydrogen-bond donors (Lipinski definition) is 2. The van der Waals surface area contributed by atoms with Crippen LogP contribution >= 0.6 is 0 Å². The Morgan fingerprint density at radius 2 is 1.86 bits per heavy atom. The van der Waals surface area contributed by atoms with Crippen molar-refractivity contribution in [1.82, 2.24) is 9.89 Å². The van der Waals surface area contributed by atoms with Crippen molar-refractivity contribution in [3.05, 3.63) is 71.9 Å². The van der Waals surface area contributed by atoms with Gasteiger partial charge in [-0.05, 0) is 29.1 Å². The van der Waals surface area contributed by atoms with E-state index in [2.05, 4.69) is 9.93 Å². The van der Waals surface area contributed by atoms with Crippen molar-refractivity contribution < 1.29 is 22.3 Å². The summed E-state index contributed by atoms with van der Waals surface area (Å²) in [5.74, 6) is 0. The summed E-state index contributed by atoms with van der Waals surface area (Å²) in [5, 5.41) is 15.6. The van der Waals surface area contributed by atoms with Gasteiger partial charge in [0.15, 0.2) is 0 Å². The molecular weight excluding hydrogens is 388 g/mol. The highest BCUT2D eigenvalue weighted by Crippen LogP contribution is 2.27. The number of aliphatic hydroxyl groups excluding tert-OH is 1.